The third-order valence-electron chi connectivity index (χ3n) is 3.46. The van der Waals surface area contributed by atoms with Crippen molar-refractivity contribution in [2.75, 3.05) is 7.11 Å². The molecule has 24 heavy (non-hydrogen) atoms. The molecule has 0 atom stereocenters. The van der Waals surface area contributed by atoms with Crippen molar-refractivity contribution in [3.05, 3.63) is 62.8 Å². The number of fused-ring (bicyclic) bond motifs is 1. The second-order valence-corrected chi connectivity index (χ2v) is 5.47. The van der Waals surface area contributed by atoms with E-state index >= 15 is 0 Å². The molecule has 8 heteroatoms. The lowest BCUT2D eigenvalue weighted by molar-refractivity contribution is 0.0951. The maximum atomic E-state index is 12.3. The highest BCUT2D eigenvalue weighted by molar-refractivity contribution is 7.71. The number of carbonyl (C=O) groups is 1. The van der Waals surface area contributed by atoms with Gasteiger partial charge in [-0.2, -0.15) is 0 Å². The van der Waals surface area contributed by atoms with Crippen LogP contribution in [-0.4, -0.2) is 28.0 Å². The van der Waals surface area contributed by atoms with Crippen LogP contribution in [0.15, 0.2) is 41.3 Å². The van der Waals surface area contributed by atoms with Crippen LogP contribution in [-0.2, 0) is 6.54 Å². The lowest BCUT2D eigenvalue weighted by atomic mass is 10.1. The lowest BCUT2D eigenvalue weighted by Crippen LogP contribution is -2.23. The average Bonchev–Trinajstić information content (AvgIpc) is 2.59. The topological polar surface area (TPSA) is 99.9 Å². The van der Waals surface area contributed by atoms with Gasteiger partial charge in [0.05, 0.1) is 18.0 Å². The first kappa shape index (κ1) is 15.9. The molecular formula is C16H14N4O3S. The number of aromatic amines is 2. The molecule has 0 aliphatic heterocycles. The van der Waals surface area contributed by atoms with Crippen LogP contribution in [0, 0.1) is 4.77 Å². The number of amides is 1. The fourth-order valence-electron chi connectivity index (χ4n) is 2.23. The average molecular weight is 342 g/mol. The highest BCUT2D eigenvalue weighted by Gasteiger charge is 2.08. The van der Waals surface area contributed by atoms with Crippen molar-refractivity contribution in [2.45, 2.75) is 6.54 Å². The van der Waals surface area contributed by atoms with E-state index in [1.807, 2.05) is 6.07 Å². The Bertz CT molecular complexity index is 1010. The van der Waals surface area contributed by atoms with Gasteiger partial charge in [-0.05, 0) is 36.0 Å². The van der Waals surface area contributed by atoms with Gasteiger partial charge in [-0.1, -0.05) is 6.07 Å². The van der Waals surface area contributed by atoms with Crippen LogP contribution < -0.4 is 15.6 Å². The number of methoxy groups -OCH3 is 1. The van der Waals surface area contributed by atoms with Crippen LogP contribution in [0.5, 0.6) is 5.88 Å². The van der Waals surface area contributed by atoms with Gasteiger partial charge in [0, 0.05) is 24.4 Å². The number of pyridine rings is 1. The number of nitrogens with zero attached hydrogens (tertiary/aromatic N) is 1. The van der Waals surface area contributed by atoms with Gasteiger partial charge in [0.1, 0.15) is 0 Å². The number of ether oxygens (including phenoxy) is 1. The molecule has 0 unspecified atom stereocenters. The molecule has 0 spiro atoms. The van der Waals surface area contributed by atoms with Crippen molar-refractivity contribution in [3.63, 3.8) is 0 Å². The monoisotopic (exact) mass is 342 g/mol. The maximum absolute atomic E-state index is 12.3. The number of carbonyl (C=O) groups excluding carboxylic acids is 1. The van der Waals surface area contributed by atoms with E-state index in [4.69, 9.17) is 17.0 Å². The van der Waals surface area contributed by atoms with Crippen molar-refractivity contribution < 1.29 is 9.53 Å². The highest BCUT2D eigenvalue weighted by Crippen LogP contribution is 2.11. The molecule has 2 heterocycles. The molecule has 0 bridgehead atoms. The van der Waals surface area contributed by atoms with Crippen molar-refractivity contribution in [2.24, 2.45) is 0 Å². The maximum Gasteiger partial charge on any atom is 0.259 e. The second kappa shape index (κ2) is 6.63. The zero-order valence-electron chi connectivity index (χ0n) is 12.8. The highest BCUT2D eigenvalue weighted by atomic mass is 32.1. The minimum atomic E-state index is -0.287. The first-order valence-corrected chi connectivity index (χ1v) is 7.51. The zero-order chi connectivity index (χ0) is 17.1. The van der Waals surface area contributed by atoms with Crippen LogP contribution in [0.3, 0.4) is 0 Å². The van der Waals surface area contributed by atoms with Crippen molar-refractivity contribution >= 4 is 29.0 Å². The Hall–Kier alpha value is -3.00. The summed E-state index contributed by atoms with van der Waals surface area (Å²) in [5, 5.41) is 3.25. The van der Waals surface area contributed by atoms with Gasteiger partial charge < -0.3 is 15.0 Å². The Balaban J connectivity index is 1.78. The second-order valence-electron chi connectivity index (χ2n) is 5.06. The number of hydrogen-bond donors (Lipinski definition) is 3. The number of aromatic nitrogens is 3. The number of benzene rings is 1. The summed E-state index contributed by atoms with van der Waals surface area (Å²) < 4.78 is 5.20. The van der Waals surface area contributed by atoms with Crippen LogP contribution in [0.2, 0.25) is 0 Å². The summed E-state index contributed by atoms with van der Waals surface area (Å²) in [4.78, 5) is 33.5. The molecule has 122 valence electrons. The van der Waals surface area contributed by atoms with Crippen molar-refractivity contribution in [3.8, 4) is 5.88 Å². The smallest absolute Gasteiger partial charge is 0.259 e. The minimum Gasteiger partial charge on any atom is -0.481 e. The van der Waals surface area contributed by atoms with Gasteiger partial charge >= 0.3 is 0 Å². The minimum absolute atomic E-state index is 0.217. The van der Waals surface area contributed by atoms with E-state index in [9.17, 15) is 9.59 Å². The van der Waals surface area contributed by atoms with Gasteiger partial charge in [0.2, 0.25) is 5.88 Å². The summed E-state index contributed by atoms with van der Waals surface area (Å²) >= 11 is 4.94. The van der Waals surface area contributed by atoms with Gasteiger partial charge in [-0.15, -0.1) is 0 Å². The van der Waals surface area contributed by atoms with Gasteiger partial charge in [-0.25, -0.2) is 4.98 Å². The van der Waals surface area contributed by atoms with E-state index in [1.54, 1.807) is 37.6 Å². The molecule has 0 aliphatic rings. The Kier molecular flexibility index (Phi) is 4.39. The molecule has 3 aromatic rings. The number of H-pyrrole nitrogens is 2. The van der Waals surface area contributed by atoms with Crippen molar-refractivity contribution in [1.29, 1.82) is 0 Å². The Morgan fingerprint density at radius 3 is 2.83 bits per heavy atom. The first-order chi connectivity index (χ1) is 11.6. The largest absolute Gasteiger partial charge is 0.481 e. The molecule has 3 rings (SSSR count). The molecular weight excluding hydrogens is 328 g/mol. The number of nitrogens with one attached hydrogen (secondary N) is 3. The fraction of sp³-hybridized carbons (Fsp3) is 0.125. The SMILES string of the molecule is COc1ccc(CNC(=O)c2ccc3c(=O)[nH]c(=S)[nH]c3c2)cn1. The zero-order valence-corrected chi connectivity index (χ0v) is 13.6. The van der Waals surface area contributed by atoms with Gasteiger partial charge in [0.25, 0.3) is 11.5 Å². The summed E-state index contributed by atoms with van der Waals surface area (Å²) in [6.07, 6.45) is 1.64. The van der Waals surface area contributed by atoms with Gasteiger partial charge in [-0.3, -0.25) is 14.6 Å². The van der Waals surface area contributed by atoms with Crippen LogP contribution >= 0.6 is 12.2 Å². The Morgan fingerprint density at radius 1 is 1.29 bits per heavy atom. The lowest BCUT2D eigenvalue weighted by Gasteiger charge is -2.07. The van der Waals surface area contributed by atoms with Crippen LogP contribution in [0.25, 0.3) is 10.9 Å². The van der Waals surface area contributed by atoms with Gasteiger partial charge in [0.15, 0.2) is 4.77 Å². The summed E-state index contributed by atoms with van der Waals surface area (Å²) in [5.41, 5.74) is 1.51. The summed E-state index contributed by atoms with van der Waals surface area (Å²) in [6.45, 7) is 0.333. The van der Waals surface area contributed by atoms with E-state index in [-0.39, 0.29) is 16.2 Å². The van der Waals surface area contributed by atoms with Crippen LogP contribution in [0.1, 0.15) is 15.9 Å². The third-order valence-corrected chi connectivity index (χ3v) is 3.67. The Morgan fingerprint density at radius 2 is 2.12 bits per heavy atom. The number of hydrogen-bond acceptors (Lipinski definition) is 5. The van der Waals surface area contributed by atoms with E-state index in [0.717, 1.165) is 5.56 Å². The molecule has 0 fully saturated rings. The normalized spacial score (nSPS) is 10.5. The van der Waals surface area contributed by atoms with Crippen LogP contribution in [0.4, 0.5) is 0 Å². The third kappa shape index (κ3) is 3.33. The van der Waals surface area contributed by atoms with Crippen molar-refractivity contribution in [1.82, 2.24) is 20.3 Å². The summed E-state index contributed by atoms with van der Waals surface area (Å²) in [7, 11) is 1.54. The predicted molar refractivity (Wildman–Crippen MR) is 91.7 cm³/mol. The molecule has 1 aromatic carbocycles. The molecule has 0 saturated carbocycles. The fourth-order valence-corrected chi connectivity index (χ4v) is 2.43. The molecule has 7 nitrogen and oxygen atoms in total. The van der Waals surface area contributed by atoms with E-state index in [1.165, 1.54) is 0 Å². The summed E-state index contributed by atoms with van der Waals surface area (Å²) in [5.74, 6) is 0.257. The number of rotatable bonds is 4. The Labute approximate surface area is 141 Å². The standard InChI is InChI=1S/C16H14N4O3S/c1-23-13-5-2-9(7-17-13)8-18-14(21)10-3-4-11-12(6-10)19-16(24)20-15(11)22/h2-7H,8H2,1H3,(H,18,21)(H2,19,20,22,24). The molecule has 0 aliphatic carbocycles. The predicted octanol–water partition coefficient (Wildman–Crippen LogP) is 1.92. The van der Waals surface area contributed by atoms with E-state index in [0.29, 0.717) is 28.9 Å². The molecule has 2 aromatic heterocycles. The molecule has 1 amide bonds. The molecule has 0 saturated heterocycles. The van der Waals surface area contributed by atoms with E-state index < -0.39 is 0 Å². The quantitative estimate of drug-likeness (QED) is 0.629. The first-order valence-electron chi connectivity index (χ1n) is 7.10. The summed E-state index contributed by atoms with van der Waals surface area (Å²) in [6, 6.07) is 8.33. The molecule has 3 N–H and O–H groups in total. The molecule has 0 radical (unpaired) electrons. The van der Waals surface area contributed by atoms with E-state index in [2.05, 4.69) is 20.3 Å².